The SMILES string of the molecule is C#CCC(NN)c1ccccc1OC. The summed E-state index contributed by atoms with van der Waals surface area (Å²) in [5.74, 6) is 8.78. The maximum Gasteiger partial charge on any atom is 0.123 e. The number of benzene rings is 1. The molecule has 0 saturated heterocycles. The van der Waals surface area contributed by atoms with Crippen LogP contribution >= 0.6 is 0 Å². The Morgan fingerprint density at radius 2 is 2.29 bits per heavy atom. The zero-order chi connectivity index (χ0) is 10.4. The number of methoxy groups -OCH3 is 1. The molecule has 14 heavy (non-hydrogen) atoms. The summed E-state index contributed by atoms with van der Waals surface area (Å²) in [7, 11) is 1.63. The highest BCUT2D eigenvalue weighted by atomic mass is 16.5. The fraction of sp³-hybridized carbons (Fsp3) is 0.273. The monoisotopic (exact) mass is 190 g/mol. The summed E-state index contributed by atoms with van der Waals surface area (Å²) in [6, 6.07) is 7.61. The number of nitrogens with one attached hydrogen (secondary N) is 1. The van der Waals surface area contributed by atoms with Crippen molar-refractivity contribution in [3.05, 3.63) is 29.8 Å². The predicted octanol–water partition coefficient (Wildman–Crippen LogP) is 1.22. The van der Waals surface area contributed by atoms with E-state index in [-0.39, 0.29) is 6.04 Å². The van der Waals surface area contributed by atoms with E-state index in [4.69, 9.17) is 17.0 Å². The van der Waals surface area contributed by atoms with E-state index in [0.29, 0.717) is 6.42 Å². The third-order valence-corrected chi connectivity index (χ3v) is 2.04. The fourth-order valence-electron chi connectivity index (χ4n) is 1.33. The highest BCUT2D eigenvalue weighted by Crippen LogP contribution is 2.25. The van der Waals surface area contributed by atoms with Crippen molar-refractivity contribution >= 4 is 0 Å². The molecule has 0 amide bonds. The van der Waals surface area contributed by atoms with Crippen LogP contribution in [0.1, 0.15) is 18.0 Å². The normalized spacial score (nSPS) is 11.8. The van der Waals surface area contributed by atoms with Gasteiger partial charge in [0.05, 0.1) is 13.2 Å². The first kappa shape index (κ1) is 10.6. The minimum absolute atomic E-state index is 0.0591. The van der Waals surface area contributed by atoms with Gasteiger partial charge in [-0.3, -0.25) is 11.3 Å². The second-order valence-corrected chi connectivity index (χ2v) is 2.87. The second kappa shape index (κ2) is 5.28. The maximum atomic E-state index is 5.41. The Balaban J connectivity index is 2.97. The largest absolute Gasteiger partial charge is 0.496 e. The first-order valence-electron chi connectivity index (χ1n) is 4.36. The maximum absolute atomic E-state index is 5.41. The van der Waals surface area contributed by atoms with Gasteiger partial charge < -0.3 is 4.74 Å². The van der Waals surface area contributed by atoms with Gasteiger partial charge in [0.1, 0.15) is 5.75 Å². The summed E-state index contributed by atoms with van der Waals surface area (Å²) in [6.07, 6.45) is 5.79. The van der Waals surface area contributed by atoms with E-state index in [9.17, 15) is 0 Å². The molecule has 0 aliphatic heterocycles. The summed E-state index contributed by atoms with van der Waals surface area (Å²) in [4.78, 5) is 0. The molecule has 3 nitrogen and oxygen atoms in total. The number of nitrogens with two attached hydrogens (primary N) is 1. The van der Waals surface area contributed by atoms with Gasteiger partial charge in [-0.25, -0.2) is 0 Å². The van der Waals surface area contributed by atoms with Crippen molar-refractivity contribution in [2.24, 2.45) is 5.84 Å². The standard InChI is InChI=1S/C11H14N2O/c1-3-6-10(13-12)9-7-4-5-8-11(9)14-2/h1,4-5,7-8,10,13H,6,12H2,2H3. The van der Waals surface area contributed by atoms with Crippen molar-refractivity contribution < 1.29 is 4.74 Å². The van der Waals surface area contributed by atoms with E-state index >= 15 is 0 Å². The quantitative estimate of drug-likeness (QED) is 0.426. The number of para-hydroxylation sites is 1. The summed E-state index contributed by atoms with van der Waals surface area (Å²) < 4.78 is 5.21. The van der Waals surface area contributed by atoms with Crippen LogP contribution in [-0.4, -0.2) is 7.11 Å². The van der Waals surface area contributed by atoms with Crippen molar-refractivity contribution in [3.8, 4) is 18.1 Å². The Morgan fingerprint density at radius 1 is 1.57 bits per heavy atom. The van der Waals surface area contributed by atoms with Gasteiger partial charge in [0.25, 0.3) is 0 Å². The van der Waals surface area contributed by atoms with Gasteiger partial charge in [0.15, 0.2) is 0 Å². The van der Waals surface area contributed by atoms with Crippen LogP contribution in [0.4, 0.5) is 0 Å². The Bertz CT molecular complexity index is 330. The summed E-state index contributed by atoms with van der Waals surface area (Å²) in [5.41, 5.74) is 3.65. The molecule has 0 saturated carbocycles. The number of hydrogen-bond acceptors (Lipinski definition) is 3. The molecule has 0 heterocycles. The van der Waals surface area contributed by atoms with Crippen molar-refractivity contribution in [1.82, 2.24) is 5.43 Å². The summed E-state index contributed by atoms with van der Waals surface area (Å²) in [6.45, 7) is 0. The number of rotatable bonds is 4. The van der Waals surface area contributed by atoms with Crippen LogP contribution in [0, 0.1) is 12.3 Å². The molecule has 1 aromatic rings. The van der Waals surface area contributed by atoms with E-state index in [2.05, 4.69) is 11.3 Å². The molecule has 0 aromatic heterocycles. The topological polar surface area (TPSA) is 47.3 Å². The first-order chi connectivity index (χ1) is 6.83. The number of terminal acetylenes is 1. The Morgan fingerprint density at radius 3 is 2.86 bits per heavy atom. The molecular weight excluding hydrogens is 176 g/mol. The van der Waals surface area contributed by atoms with Gasteiger partial charge in [0.2, 0.25) is 0 Å². The van der Waals surface area contributed by atoms with E-state index in [0.717, 1.165) is 11.3 Å². The van der Waals surface area contributed by atoms with E-state index in [1.807, 2.05) is 24.3 Å². The zero-order valence-corrected chi connectivity index (χ0v) is 8.16. The molecule has 3 N–H and O–H groups in total. The summed E-state index contributed by atoms with van der Waals surface area (Å²) >= 11 is 0. The van der Waals surface area contributed by atoms with Gasteiger partial charge in [-0.05, 0) is 6.07 Å². The molecule has 3 heteroatoms. The molecule has 1 unspecified atom stereocenters. The second-order valence-electron chi connectivity index (χ2n) is 2.87. The van der Waals surface area contributed by atoms with Gasteiger partial charge in [0, 0.05) is 12.0 Å². The molecule has 0 aliphatic carbocycles. The lowest BCUT2D eigenvalue weighted by molar-refractivity contribution is 0.400. The Kier molecular flexibility index (Phi) is 3.99. The lowest BCUT2D eigenvalue weighted by Crippen LogP contribution is -2.28. The average molecular weight is 190 g/mol. The molecule has 1 rings (SSSR count). The van der Waals surface area contributed by atoms with Crippen molar-refractivity contribution in [2.75, 3.05) is 7.11 Å². The van der Waals surface area contributed by atoms with Crippen molar-refractivity contribution in [1.29, 1.82) is 0 Å². The number of hydrazine groups is 1. The van der Waals surface area contributed by atoms with Crippen LogP contribution in [0.5, 0.6) is 5.75 Å². The minimum Gasteiger partial charge on any atom is -0.496 e. The third kappa shape index (κ3) is 2.25. The van der Waals surface area contributed by atoms with E-state index in [1.54, 1.807) is 7.11 Å². The van der Waals surface area contributed by atoms with Crippen LogP contribution in [0.25, 0.3) is 0 Å². The van der Waals surface area contributed by atoms with Crippen LogP contribution in [0.15, 0.2) is 24.3 Å². The summed E-state index contributed by atoms with van der Waals surface area (Å²) in [5, 5.41) is 0. The smallest absolute Gasteiger partial charge is 0.123 e. The number of ether oxygens (including phenoxy) is 1. The minimum atomic E-state index is -0.0591. The van der Waals surface area contributed by atoms with E-state index in [1.165, 1.54) is 0 Å². The van der Waals surface area contributed by atoms with Gasteiger partial charge in [-0.2, -0.15) is 0 Å². The Labute approximate surface area is 84.2 Å². The third-order valence-electron chi connectivity index (χ3n) is 2.04. The molecule has 74 valence electrons. The number of hydrogen-bond donors (Lipinski definition) is 2. The molecule has 1 aromatic carbocycles. The predicted molar refractivity (Wildman–Crippen MR) is 56.5 cm³/mol. The van der Waals surface area contributed by atoms with Gasteiger partial charge in [-0.1, -0.05) is 18.2 Å². The highest BCUT2D eigenvalue weighted by molar-refractivity contribution is 5.36. The molecule has 0 aliphatic rings. The highest BCUT2D eigenvalue weighted by Gasteiger charge is 2.12. The zero-order valence-electron chi connectivity index (χ0n) is 8.16. The van der Waals surface area contributed by atoms with Gasteiger partial charge in [-0.15, -0.1) is 12.3 Å². The molecule has 1 atom stereocenters. The lowest BCUT2D eigenvalue weighted by atomic mass is 10.0. The van der Waals surface area contributed by atoms with Crippen LogP contribution in [0.3, 0.4) is 0 Å². The lowest BCUT2D eigenvalue weighted by Gasteiger charge is -2.16. The molecule has 0 bridgehead atoms. The van der Waals surface area contributed by atoms with Crippen molar-refractivity contribution in [3.63, 3.8) is 0 Å². The molecule has 0 radical (unpaired) electrons. The van der Waals surface area contributed by atoms with Crippen LogP contribution < -0.4 is 16.0 Å². The molecular formula is C11H14N2O. The van der Waals surface area contributed by atoms with Crippen molar-refractivity contribution in [2.45, 2.75) is 12.5 Å². The van der Waals surface area contributed by atoms with E-state index < -0.39 is 0 Å². The molecule has 0 spiro atoms. The van der Waals surface area contributed by atoms with Crippen LogP contribution in [0.2, 0.25) is 0 Å². The first-order valence-corrected chi connectivity index (χ1v) is 4.36. The van der Waals surface area contributed by atoms with Crippen LogP contribution in [-0.2, 0) is 0 Å². The van der Waals surface area contributed by atoms with Gasteiger partial charge >= 0.3 is 0 Å². The average Bonchev–Trinajstić information content (AvgIpc) is 2.26. The molecule has 0 fully saturated rings. The fourth-order valence-corrected chi connectivity index (χ4v) is 1.33. The Hall–Kier alpha value is -1.50.